The zero-order valence-electron chi connectivity index (χ0n) is 1.30. The van der Waals surface area contributed by atoms with E-state index in [9.17, 15) is 0 Å². The molecule has 0 N–H and O–H groups in total. The first kappa shape index (κ1) is 51.3. The number of hydrogen-bond acceptors (Lipinski definition) is 0. The third-order valence-electron chi connectivity index (χ3n) is 0. The van der Waals surface area contributed by atoms with Crippen LogP contribution in [-0.2, 0) is 38.8 Å². The van der Waals surface area contributed by atoms with Crippen molar-refractivity contribution in [3.8, 4) is 0 Å². The van der Waals surface area contributed by atoms with E-state index in [4.69, 9.17) is 0 Å². The third kappa shape index (κ3) is 9.85. The fraction of sp³-hybridized carbons (Fsp3) is 1.00. The maximum atomic E-state index is 0. The summed E-state index contributed by atoms with van der Waals surface area (Å²) < 4.78 is 0. The molecular weight excluding hydrogens is 152 g/mol. The molecule has 0 amide bonds. The van der Waals surface area contributed by atoms with Crippen molar-refractivity contribution in [1.29, 1.82) is 0 Å². The van der Waals surface area contributed by atoms with Gasteiger partial charge in [0, 0.05) is 49.8 Å². The molecule has 0 aromatic heterocycles. The molecule has 0 heterocycles. The second-order valence-corrected chi connectivity index (χ2v) is 0. The van der Waals surface area contributed by atoms with Gasteiger partial charge >= 0.3 is 0 Å². The van der Waals surface area contributed by atoms with E-state index in [-0.39, 0.29) is 57.2 Å². The first-order valence-corrected chi connectivity index (χ1v) is 0. The van der Waals surface area contributed by atoms with Crippen LogP contribution in [0.15, 0.2) is 0 Å². The average Bonchev–Trinajstić information content (AvgIpc) is 0. The smallest absolute Gasteiger partial charge is 0 e. The molecule has 0 aromatic rings. The van der Waals surface area contributed by atoms with E-state index in [1.54, 1.807) is 0 Å². The van der Waals surface area contributed by atoms with E-state index >= 15 is 0 Å². The Morgan fingerprint density at radius 2 is 1.00 bits per heavy atom. The molecule has 0 saturated carbocycles. The van der Waals surface area contributed by atoms with Gasteiger partial charge in [0.05, 0.1) is 0 Å². The van der Waals surface area contributed by atoms with Gasteiger partial charge in [-0.15, -0.1) is 0 Å². The van der Waals surface area contributed by atoms with Crippen LogP contribution in [0.25, 0.3) is 0 Å². The molecule has 0 bridgehead atoms. The van der Waals surface area contributed by atoms with Crippen molar-refractivity contribution in [2.45, 2.75) is 7.43 Å². The fourth-order valence-corrected chi connectivity index (χ4v) is 0. The summed E-state index contributed by atoms with van der Waals surface area (Å²) in [6, 6.07) is 0. The van der Waals surface area contributed by atoms with Gasteiger partial charge < -0.3 is 0 Å². The molecule has 0 fully saturated rings. The second-order valence-electron chi connectivity index (χ2n) is 0. The molecular formula is CH4CuSiTi. The van der Waals surface area contributed by atoms with Crippen molar-refractivity contribution in [1.82, 2.24) is 0 Å². The number of hydrogen-bond donors (Lipinski definition) is 0. The van der Waals surface area contributed by atoms with Gasteiger partial charge in [-0.1, -0.05) is 7.43 Å². The van der Waals surface area contributed by atoms with Crippen LogP contribution in [0.5, 0.6) is 0 Å². The second kappa shape index (κ2) is 25.2. The molecule has 0 aliphatic rings. The molecule has 0 unspecified atom stereocenters. The SMILES string of the molecule is C.[Cu].[Si].[Ti]. The predicted molar refractivity (Wildman–Crippen MR) is 12.5 cm³/mol. The Hall–Kier alpha value is 1.45. The van der Waals surface area contributed by atoms with Crippen LogP contribution in [0.2, 0.25) is 0 Å². The van der Waals surface area contributed by atoms with Crippen molar-refractivity contribution in [2.24, 2.45) is 0 Å². The maximum absolute atomic E-state index is 0. The van der Waals surface area contributed by atoms with Crippen LogP contribution >= 0.6 is 0 Å². The van der Waals surface area contributed by atoms with Crippen molar-refractivity contribution < 1.29 is 38.8 Å². The molecule has 0 aromatic carbocycles. The average molecular weight is 156 g/mol. The van der Waals surface area contributed by atoms with E-state index in [1.165, 1.54) is 0 Å². The number of rotatable bonds is 0. The van der Waals surface area contributed by atoms with E-state index in [1.807, 2.05) is 0 Å². The van der Waals surface area contributed by atoms with Crippen molar-refractivity contribution >= 4 is 11.0 Å². The molecule has 0 nitrogen and oxygen atoms in total. The summed E-state index contributed by atoms with van der Waals surface area (Å²) >= 11 is 0. The molecule has 0 saturated heterocycles. The summed E-state index contributed by atoms with van der Waals surface area (Å²) in [7, 11) is 0. The van der Waals surface area contributed by atoms with Gasteiger partial charge in [-0.25, -0.2) is 0 Å². The molecule has 5 radical (unpaired) electrons. The summed E-state index contributed by atoms with van der Waals surface area (Å²) in [5.41, 5.74) is 0. The standard InChI is InChI=1S/CH4.Cu.Si.Ti/h1H4;;;. The summed E-state index contributed by atoms with van der Waals surface area (Å²) in [4.78, 5) is 0. The van der Waals surface area contributed by atoms with Crippen LogP contribution in [0, 0.1) is 0 Å². The van der Waals surface area contributed by atoms with E-state index in [0.29, 0.717) is 0 Å². The van der Waals surface area contributed by atoms with Gasteiger partial charge in [0.1, 0.15) is 0 Å². The van der Waals surface area contributed by atoms with E-state index < -0.39 is 0 Å². The monoisotopic (exact) mass is 155 g/mol. The van der Waals surface area contributed by atoms with Gasteiger partial charge in [0.2, 0.25) is 0 Å². The predicted octanol–water partition coefficient (Wildman–Crippen LogP) is 0.250. The third-order valence-corrected chi connectivity index (χ3v) is 0. The minimum atomic E-state index is 0. The van der Waals surface area contributed by atoms with E-state index in [0.717, 1.165) is 0 Å². The van der Waals surface area contributed by atoms with Crippen molar-refractivity contribution in [3.05, 3.63) is 0 Å². The largest absolute Gasteiger partial charge is 0.0776 e. The maximum Gasteiger partial charge on any atom is 0 e. The summed E-state index contributed by atoms with van der Waals surface area (Å²) in [5.74, 6) is 0. The van der Waals surface area contributed by atoms with Crippen LogP contribution in [0.4, 0.5) is 0 Å². The Morgan fingerprint density at radius 1 is 1.00 bits per heavy atom. The normalized spacial score (nSPS) is 0. The topological polar surface area (TPSA) is 0 Å². The van der Waals surface area contributed by atoms with Crippen LogP contribution in [0.3, 0.4) is 0 Å². The first-order chi connectivity index (χ1) is 0. The Bertz CT molecular complexity index is 8.00. The zero-order chi connectivity index (χ0) is 0. The quantitative estimate of drug-likeness (QED) is 0.440. The van der Waals surface area contributed by atoms with E-state index in [2.05, 4.69) is 0 Å². The summed E-state index contributed by atoms with van der Waals surface area (Å²) in [5, 5.41) is 0. The van der Waals surface area contributed by atoms with Gasteiger partial charge in [-0.2, -0.15) is 0 Å². The molecule has 0 spiro atoms. The van der Waals surface area contributed by atoms with Crippen molar-refractivity contribution in [3.63, 3.8) is 0 Å². The fourth-order valence-electron chi connectivity index (χ4n) is 0. The Kier molecular flexibility index (Phi) is 323. The molecule has 0 aliphatic carbocycles. The molecule has 0 atom stereocenters. The molecule has 0 aliphatic heterocycles. The van der Waals surface area contributed by atoms with Crippen LogP contribution in [0.1, 0.15) is 7.43 Å². The Morgan fingerprint density at radius 3 is 1.00 bits per heavy atom. The van der Waals surface area contributed by atoms with Crippen molar-refractivity contribution in [2.75, 3.05) is 0 Å². The van der Waals surface area contributed by atoms with Gasteiger partial charge in [-0.05, 0) is 0 Å². The summed E-state index contributed by atoms with van der Waals surface area (Å²) in [6.07, 6.45) is 0. The molecule has 27 valence electrons. The van der Waals surface area contributed by atoms with Crippen LogP contribution in [-0.4, -0.2) is 11.0 Å². The first-order valence-electron chi connectivity index (χ1n) is 0. The molecule has 3 heteroatoms. The Labute approximate surface area is 57.1 Å². The zero-order valence-corrected chi connectivity index (χ0v) is 4.80. The summed E-state index contributed by atoms with van der Waals surface area (Å²) in [6.45, 7) is 0. The molecule has 4 heavy (non-hydrogen) atoms. The Balaban J connectivity index is 0. The van der Waals surface area contributed by atoms with Gasteiger partial charge in [-0.3, -0.25) is 0 Å². The minimum absolute atomic E-state index is 0. The van der Waals surface area contributed by atoms with Gasteiger partial charge in [0.15, 0.2) is 0 Å². The molecule has 0 rings (SSSR count). The van der Waals surface area contributed by atoms with Crippen LogP contribution < -0.4 is 0 Å². The minimum Gasteiger partial charge on any atom is -0.0776 e. The van der Waals surface area contributed by atoms with Gasteiger partial charge in [0.25, 0.3) is 0 Å².